The maximum atomic E-state index is 13.0. The third-order valence-corrected chi connectivity index (χ3v) is 3.88. The summed E-state index contributed by atoms with van der Waals surface area (Å²) in [6.45, 7) is 0. The number of nitrogens with one attached hydrogen (secondary N) is 1. The van der Waals surface area contributed by atoms with Gasteiger partial charge in [0.2, 0.25) is 5.91 Å². The molecular formula is C19H15FN2O4. The number of hydrogen-bond donors (Lipinski definition) is 2. The molecule has 1 aliphatic heterocycles. The van der Waals surface area contributed by atoms with Crippen molar-refractivity contribution in [2.75, 3.05) is 10.2 Å². The summed E-state index contributed by atoms with van der Waals surface area (Å²) < 4.78 is 13.0. The maximum Gasteiger partial charge on any atom is 0.328 e. The van der Waals surface area contributed by atoms with Crippen LogP contribution in [0.4, 0.5) is 15.8 Å². The fraction of sp³-hybridized carbons (Fsp3) is 0.105. The fourth-order valence-electron chi connectivity index (χ4n) is 2.71. The van der Waals surface area contributed by atoms with Crippen molar-refractivity contribution in [3.05, 3.63) is 66.0 Å². The molecule has 1 aliphatic rings. The Kier molecular flexibility index (Phi) is 4.79. The Morgan fingerprint density at radius 1 is 1.19 bits per heavy atom. The highest BCUT2D eigenvalue weighted by Gasteiger charge is 2.39. The number of anilines is 2. The number of amides is 2. The lowest BCUT2D eigenvalue weighted by Gasteiger charge is -2.16. The number of imide groups is 1. The zero-order valence-corrected chi connectivity index (χ0v) is 13.6. The maximum absolute atomic E-state index is 13.0. The van der Waals surface area contributed by atoms with Gasteiger partial charge in [-0.15, -0.1) is 0 Å². The van der Waals surface area contributed by atoms with Crippen molar-refractivity contribution in [1.29, 1.82) is 0 Å². The summed E-state index contributed by atoms with van der Waals surface area (Å²) in [6, 6.07) is 11.2. The molecule has 6 nitrogen and oxygen atoms in total. The fourth-order valence-corrected chi connectivity index (χ4v) is 2.71. The van der Waals surface area contributed by atoms with Crippen molar-refractivity contribution in [2.24, 2.45) is 0 Å². The van der Waals surface area contributed by atoms with Crippen molar-refractivity contribution in [2.45, 2.75) is 12.5 Å². The molecule has 2 N–H and O–H groups in total. The molecule has 0 spiro atoms. The van der Waals surface area contributed by atoms with Gasteiger partial charge in [0.15, 0.2) is 0 Å². The van der Waals surface area contributed by atoms with Crippen LogP contribution in [0.1, 0.15) is 12.0 Å². The number of carboxylic acid groups (broad SMARTS) is 1. The average Bonchev–Trinajstić information content (AvgIpc) is 2.88. The number of nitrogens with zero attached hydrogens (tertiary/aromatic N) is 1. The summed E-state index contributed by atoms with van der Waals surface area (Å²) in [7, 11) is 0. The number of carbonyl (C=O) groups excluding carboxylic acids is 2. The number of carbonyl (C=O) groups is 3. The van der Waals surface area contributed by atoms with Gasteiger partial charge in [-0.25, -0.2) is 14.1 Å². The van der Waals surface area contributed by atoms with Crippen LogP contribution in [0.2, 0.25) is 0 Å². The Morgan fingerprint density at radius 3 is 2.62 bits per heavy atom. The van der Waals surface area contributed by atoms with E-state index >= 15 is 0 Å². The molecule has 7 heteroatoms. The molecule has 0 radical (unpaired) electrons. The monoisotopic (exact) mass is 354 g/mol. The van der Waals surface area contributed by atoms with Gasteiger partial charge in [-0.1, -0.05) is 12.1 Å². The molecule has 1 heterocycles. The first kappa shape index (κ1) is 17.3. The molecule has 2 aromatic carbocycles. The Balaban J connectivity index is 1.76. The third-order valence-electron chi connectivity index (χ3n) is 3.88. The molecule has 0 aromatic heterocycles. The van der Waals surface area contributed by atoms with Gasteiger partial charge in [0.1, 0.15) is 11.9 Å². The van der Waals surface area contributed by atoms with Crippen molar-refractivity contribution < 1.29 is 23.9 Å². The molecule has 0 saturated carbocycles. The van der Waals surface area contributed by atoms with Gasteiger partial charge < -0.3 is 10.4 Å². The number of aliphatic carboxylic acids is 1. The second-order valence-electron chi connectivity index (χ2n) is 5.74. The molecule has 0 bridgehead atoms. The van der Waals surface area contributed by atoms with E-state index in [-0.39, 0.29) is 12.3 Å². The molecule has 1 saturated heterocycles. The SMILES string of the molecule is O=C(O)/C=C/c1cccc(NC2CC(=O)N(c3ccc(F)cc3)C2=O)c1. The van der Waals surface area contributed by atoms with E-state index in [4.69, 9.17) is 5.11 Å². The van der Waals surface area contributed by atoms with Crippen LogP contribution in [0.25, 0.3) is 6.08 Å². The summed E-state index contributed by atoms with van der Waals surface area (Å²) in [5.74, 6) is -2.31. The van der Waals surface area contributed by atoms with Crippen molar-refractivity contribution in [3.8, 4) is 0 Å². The van der Waals surface area contributed by atoms with Gasteiger partial charge in [0, 0.05) is 11.8 Å². The highest BCUT2D eigenvalue weighted by atomic mass is 19.1. The van der Waals surface area contributed by atoms with Crippen LogP contribution < -0.4 is 10.2 Å². The normalized spacial score (nSPS) is 17.1. The molecular weight excluding hydrogens is 339 g/mol. The van der Waals surface area contributed by atoms with Gasteiger partial charge >= 0.3 is 5.97 Å². The molecule has 1 unspecified atom stereocenters. The van der Waals surface area contributed by atoms with Gasteiger partial charge in [0.25, 0.3) is 5.91 Å². The summed E-state index contributed by atoms with van der Waals surface area (Å²) >= 11 is 0. The zero-order chi connectivity index (χ0) is 18.7. The van der Waals surface area contributed by atoms with Crippen molar-refractivity contribution in [3.63, 3.8) is 0 Å². The van der Waals surface area contributed by atoms with Crippen molar-refractivity contribution in [1.82, 2.24) is 0 Å². The first-order valence-corrected chi connectivity index (χ1v) is 7.84. The van der Waals surface area contributed by atoms with Gasteiger partial charge in [-0.3, -0.25) is 9.59 Å². The largest absolute Gasteiger partial charge is 0.478 e. The lowest BCUT2D eigenvalue weighted by atomic mass is 10.1. The number of benzene rings is 2. The van der Waals surface area contributed by atoms with E-state index in [1.54, 1.807) is 24.3 Å². The molecule has 0 aliphatic carbocycles. The summed E-state index contributed by atoms with van der Waals surface area (Å²) in [6.07, 6.45) is 2.42. The predicted molar refractivity (Wildman–Crippen MR) is 94.0 cm³/mol. The number of halogens is 1. The van der Waals surface area contributed by atoms with E-state index in [1.807, 2.05) is 0 Å². The van der Waals surface area contributed by atoms with E-state index in [1.165, 1.54) is 30.3 Å². The van der Waals surface area contributed by atoms with Crippen LogP contribution in [0, 0.1) is 5.82 Å². The van der Waals surface area contributed by atoms with Gasteiger partial charge in [0.05, 0.1) is 12.1 Å². The van der Waals surface area contributed by atoms with Crippen LogP contribution in [-0.2, 0) is 14.4 Å². The molecule has 1 fully saturated rings. The summed E-state index contributed by atoms with van der Waals surface area (Å²) in [5.41, 5.74) is 1.55. The number of carboxylic acids is 1. The number of hydrogen-bond acceptors (Lipinski definition) is 4. The Hall–Kier alpha value is -3.48. The smallest absolute Gasteiger partial charge is 0.328 e. The standard InChI is InChI=1S/C19H15FN2O4/c20-13-5-7-15(8-6-13)22-17(23)11-16(19(22)26)21-14-3-1-2-12(10-14)4-9-18(24)25/h1-10,16,21H,11H2,(H,24,25)/b9-4+. The van der Waals surface area contributed by atoms with E-state index in [0.29, 0.717) is 16.9 Å². The Labute approximate surface area is 148 Å². The van der Waals surface area contributed by atoms with Crippen LogP contribution in [0.3, 0.4) is 0 Å². The van der Waals surface area contributed by atoms with Crippen molar-refractivity contribution >= 4 is 35.2 Å². The molecule has 2 amide bonds. The number of rotatable bonds is 5. The minimum atomic E-state index is -1.06. The average molecular weight is 354 g/mol. The minimum Gasteiger partial charge on any atom is -0.478 e. The molecule has 1 atom stereocenters. The first-order valence-electron chi connectivity index (χ1n) is 7.84. The minimum absolute atomic E-state index is 0.0224. The quantitative estimate of drug-likeness (QED) is 0.637. The van der Waals surface area contributed by atoms with Crippen LogP contribution in [-0.4, -0.2) is 28.9 Å². The van der Waals surface area contributed by atoms with Crippen LogP contribution in [0.15, 0.2) is 54.6 Å². The highest BCUT2D eigenvalue weighted by molar-refractivity contribution is 6.23. The highest BCUT2D eigenvalue weighted by Crippen LogP contribution is 2.25. The van der Waals surface area contributed by atoms with Gasteiger partial charge in [-0.05, 0) is 48.0 Å². The zero-order valence-electron chi connectivity index (χ0n) is 13.6. The van der Waals surface area contributed by atoms with E-state index in [2.05, 4.69) is 5.32 Å². The van der Waals surface area contributed by atoms with E-state index in [9.17, 15) is 18.8 Å². The molecule has 3 rings (SSSR count). The second-order valence-corrected chi connectivity index (χ2v) is 5.74. The predicted octanol–water partition coefficient (Wildman–Crippen LogP) is 2.67. The Morgan fingerprint density at radius 2 is 1.92 bits per heavy atom. The van der Waals surface area contributed by atoms with Gasteiger partial charge in [-0.2, -0.15) is 0 Å². The Bertz CT molecular complexity index is 893. The van der Waals surface area contributed by atoms with E-state index < -0.39 is 23.7 Å². The summed E-state index contributed by atoms with van der Waals surface area (Å²) in [4.78, 5) is 36.4. The third kappa shape index (κ3) is 3.77. The lowest BCUT2D eigenvalue weighted by molar-refractivity contribution is -0.131. The van der Waals surface area contributed by atoms with Crippen LogP contribution in [0.5, 0.6) is 0 Å². The molecule has 2 aromatic rings. The van der Waals surface area contributed by atoms with E-state index in [0.717, 1.165) is 11.0 Å². The topological polar surface area (TPSA) is 86.7 Å². The molecule has 132 valence electrons. The van der Waals surface area contributed by atoms with Crippen LogP contribution >= 0.6 is 0 Å². The lowest BCUT2D eigenvalue weighted by Crippen LogP contribution is -2.34. The second kappa shape index (κ2) is 7.18. The molecule has 26 heavy (non-hydrogen) atoms. The first-order chi connectivity index (χ1) is 12.4. The summed E-state index contributed by atoms with van der Waals surface area (Å²) in [5, 5.41) is 11.7.